The van der Waals surface area contributed by atoms with Gasteiger partial charge in [0.2, 0.25) is 0 Å². The van der Waals surface area contributed by atoms with E-state index in [-0.39, 0.29) is 11.7 Å². The molecule has 0 fully saturated rings. The van der Waals surface area contributed by atoms with Crippen LogP contribution < -0.4 is 0 Å². The number of ketones is 1. The lowest BCUT2D eigenvalue weighted by molar-refractivity contribution is 0.0275. The second-order valence-electron chi connectivity index (χ2n) is 4.81. The topological polar surface area (TPSA) is 46.5 Å². The van der Waals surface area contributed by atoms with Crippen molar-refractivity contribution in [1.82, 2.24) is 0 Å². The van der Waals surface area contributed by atoms with Gasteiger partial charge in [-0.25, -0.2) is 0 Å². The second kappa shape index (κ2) is 6.12. The van der Waals surface area contributed by atoms with E-state index in [1.807, 2.05) is 31.2 Å². The Morgan fingerprint density at radius 2 is 2.22 bits per heavy atom. The first-order valence-corrected chi connectivity index (χ1v) is 6.60. The first-order chi connectivity index (χ1) is 8.72. The molecule has 0 bridgehead atoms. The highest BCUT2D eigenvalue weighted by Gasteiger charge is 2.28. The fraction of sp³-hybridized carbons (Fsp3) is 0.533. The zero-order chi connectivity index (χ0) is 13.0. The lowest BCUT2D eigenvalue weighted by Crippen LogP contribution is -2.28. The van der Waals surface area contributed by atoms with Gasteiger partial charge >= 0.3 is 0 Å². The number of ether oxygens (including phenoxy) is 1. The number of carbonyl (C=O) groups excluding carboxylic acids is 1. The van der Waals surface area contributed by atoms with Crippen molar-refractivity contribution < 1.29 is 14.6 Å². The van der Waals surface area contributed by atoms with Crippen LogP contribution in [0, 0.1) is 5.92 Å². The maximum absolute atomic E-state index is 12.3. The summed E-state index contributed by atoms with van der Waals surface area (Å²) in [6.07, 6.45) is 1.73. The molecule has 0 aromatic heterocycles. The Morgan fingerprint density at radius 1 is 1.44 bits per heavy atom. The lowest BCUT2D eigenvalue weighted by atomic mass is 9.80. The van der Waals surface area contributed by atoms with Gasteiger partial charge < -0.3 is 9.84 Å². The van der Waals surface area contributed by atoms with Gasteiger partial charge in [-0.1, -0.05) is 24.3 Å². The van der Waals surface area contributed by atoms with Crippen LogP contribution in [0.1, 0.15) is 35.7 Å². The Labute approximate surface area is 108 Å². The minimum absolute atomic E-state index is 0.0599. The van der Waals surface area contributed by atoms with E-state index in [1.54, 1.807) is 0 Å². The molecule has 0 spiro atoms. The van der Waals surface area contributed by atoms with Crippen LogP contribution in [0.25, 0.3) is 0 Å². The normalized spacial score (nSPS) is 20.6. The minimum Gasteiger partial charge on any atom is -0.391 e. The number of benzene rings is 1. The van der Waals surface area contributed by atoms with Gasteiger partial charge in [0, 0.05) is 18.1 Å². The number of aliphatic hydroxyl groups excluding tert-OH is 1. The fourth-order valence-corrected chi connectivity index (χ4v) is 2.53. The number of hydrogen-bond donors (Lipinski definition) is 1. The molecule has 0 amide bonds. The van der Waals surface area contributed by atoms with Gasteiger partial charge in [0.05, 0.1) is 12.7 Å². The summed E-state index contributed by atoms with van der Waals surface area (Å²) in [7, 11) is 0. The summed E-state index contributed by atoms with van der Waals surface area (Å²) in [6, 6.07) is 7.77. The van der Waals surface area contributed by atoms with E-state index >= 15 is 0 Å². The number of fused-ring (bicyclic) bond motifs is 1. The molecule has 1 aromatic carbocycles. The summed E-state index contributed by atoms with van der Waals surface area (Å²) in [4.78, 5) is 12.3. The van der Waals surface area contributed by atoms with E-state index in [0.717, 1.165) is 24.0 Å². The van der Waals surface area contributed by atoms with Crippen molar-refractivity contribution in [2.75, 3.05) is 13.2 Å². The third-order valence-corrected chi connectivity index (χ3v) is 3.49. The lowest BCUT2D eigenvalue weighted by Gasteiger charge is -2.25. The van der Waals surface area contributed by atoms with Gasteiger partial charge in [-0.2, -0.15) is 0 Å². The van der Waals surface area contributed by atoms with Crippen LogP contribution in [0.2, 0.25) is 0 Å². The first-order valence-electron chi connectivity index (χ1n) is 6.60. The summed E-state index contributed by atoms with van der Waals surface area (Å²) in [6.45, 7) is 2.81. The standard InChI is InChI=1S/C15H20O3/c1-2-18-10-13(16)9-12-8-7-11-5-3-4-6-14(11)15(12)17/h3-6,12-13,16H,2,7-10H2,1H3. The Hall–Kier alpha value is -1.19. The fourth-order valence-electron chi connectivity index (χ4n) is 2.53. The molecule has 98 valence electrons. The van der Waals surface area contributed by atoms with E-state index in [1.165, 1.54) is 0 Å². The van der Waals surface area contributed by atoms with Crippen LogP contribution in [0.3, 0.4) is 0 Å². The van der Waals surface area contributed by atoms with Crippen molar-refractivity contribution in [3.63, 3.8) is 0 Å². The van der Waals surface area contributed by atoms with E-state index in [9.17, 15) is 9.90 Å². The zero-order valence-corrected chi connectivity index (χ0v) is 10.8. The summed E-state index contributed by atoms with van der Waals surface area (Å²) in [5.41, 5.74) is 1.97. The van der Waals surface area contributed by atoms with Crippen molar-refractivity contribution in [2.24, 2.45) is 5.92 Å². The number of hydrogen-bond acceptors (Lipinski definition) is 3. The maximum atomic E-state index is 12.3. The Morgan fingerprint density at radius 3 is 3.00 bits per heavy atom. The molecule has 2 rings (SSSR count). The van der Waals surface area contributed by atoms with Crippen molar-refractivity contribution in [3.05, 3.63) is 35.4 Å². The van der Waals surface area contributed by atoms with Gasteiger partial charge in [-0.05, 0) is 31.7 Å². The van der Waals surface area contributed by atoms with Crippen LogP contribution in [0.5, 0.6) is 0 Å². The Bertz CT molecular complexity index is 414. The van der Waals surface area contributed by atoms with Crippen molar-refractivity contribution >= 4 is 5.78 Å². The molecule has 0 saturated carbocycles. The third kappa shape index (κ3) is 2.98. The maximum Gasteiger partial charge on any atom is 0.166 e. The van der Waals surface area contributed by atoms with Crippen molar-refractivity contribution in [1.29, 1.82) is 0 Å². The molecule has 1 aliphatic rings. The molecule has 3 nitrogen and oxygen atoms in total. The molecule has 2 unspecified atom stereocenters. The van der Waals surface area contributed by atoms with E-state index in [0.29, 0.717) is 19.6 Å². The summed E-state index contributed by atoms with van der Waals surface area (Å²) in [5.74, 6) is 0.114. The predicted molar refractivity (Wildman–Crippen MR) is 69.7 cm³/mol. The predicted octanol–water partition coefficient (Wildman–Crippen LogP) is 2.22. The number of Topliss-reactive ketones (excluding diaryl/α,β-unsaturated/α-hetero) is 1. The van der Waals surface area contributed by atoms with Gasteiger partial charge in [0.15, 0.2) is 5.78 Å². The largest absolute Gasteiger partial charge is 0.391 e. The number of aryl methyl sites for hydroxylation is 1. The van der Waals surface area contributed by atoms with Gasteiger partial charge in [0.25, 0.3) is 0 Å². The van der Waals surface area contributed by atoms with Crippen LogP contribution in [0.15, 0.2) is 24.3 Å². The molecular formula is C15H20O3. The first kappa shape index (κ1) is 13.2. The molecular weight excluding hydrogens is 228 g/mol. The minimum atomic E-state index is -0.538. The number of rotatable bonds is 5. The van der Waals surface area contributed by atoms with Crippen molar-refractivity contribution in [3.8, 4) is 0 Å². The smallest absolute Gasteiger partial charge is 0.166 e. The highest BCUT2D eigenvalue weighted by atomic mass is 16.5. The Kier molecular flexibility index (Phi) is 4.50. The van der Waals surface area contributed by atoms with E-state index in [4.69, 9.17) is 4.74 Å². The van der Waals surface area contributed by atoms with Gasteiger partial charge in [-0.15, -0.1) is 0 Å². The van der Waals surface area contributed by atoms with Crippen LogP contribution in [-0.4, -0.2) is 30.2 Å². The highest BCUT2D eigenvalue weighted by Crippen LogP contribution is 2.28. The van der Waals surface area contributed by atoms with E-state index in [2.05, 4.69) is 0 Å². The van der Waals surface area contributed by atoms with Crippen LogP contribution in [-0.2, 0) is 11.2 Å². The summed E-state index contributed by atoms with van der Waals surface area (Å²) in [5, 5.41) is 9.82. The zero-order valence-electron chi connectivity index (χ0n) is 10.8. The van der Waals surface area contributed by atoms with E-state index < -0.39 is 6.10 Å². The molecule has 1 aromatic rings. The second-order valence-corrected chi connectivity index (χ2v) is 4.81. The van der Waals surface area contributed by atoms with Crippen molar-refractivity contribution in [2.45, 2.75) is 32.3 Å². The highest BCUT2D eigenvalue weighted by molar-refractivity contribution is 6.00. The van der Waals surface area contributed by atoms with Crippen LogP contribution in [0.4, 0.5) is 0 Å². The average molecular weight is 248 g/mol. The molecule has 3 heteroatoms. The molecule has 1 N–H and O–H groups in total. The average Bonchev–Trinajstić information content (AvgIpc) is 2.40. The third-order valence-electron chi connectivity index (χ3n) is 3.49. The number of carbonyl (C=O) groups is 1. The molecule has 0 aliphatic heterocycles. The molecule has 0 radical (unpaired) electrons. The molecule has 1 aliphatic carbocycles. The summed E-state index contributed by atoms with van der Waals surface area (Å²) >= 11 is 0. The monoisotopic (exact) mass is 248 g/mol. The molecule has 18 heavy (non-hydrogen) atoms. The summed E-state index contributed by atoms with van der Waals surface area (Å²) < 4.78 is 5.18. The SMILES string of the molecule is CCOCC(O)CC1CCc2ccccc2C1=O. The van der Waals surface area contributed by atoms with Gasteiger partial charge in [0.1, 0.15) is 0 Å². The molecule has 0 heterocycles. The Balaban J connectivity index is 1.99. The molecule has 0 saturated heterocycles. The van der Waals surface area contributed by atoms with Gasteiger partial charge in [-0.3, -0.25) is 4.79 Å². The quantitative estimate of drug-likeness (QED) is 0.869. The number of aliphatic hydroxyl groups is 1. The van der Waals surface area contributed by atoms with Crippen LogP contribution >= 0.6 is 0 Å². The molecule has 2 atom stereocenters.